The molecule has 0 bridgehead atoms. The lowest BCUT2D eigenvalue weighted by Crippen LogP contribution is -2.49. The maximum Gasteiger partial charge on any atom is 0.311 e. The lowest BCUT2D eigenvalue weighted by Gasteiger charge is -2.32. The van der Waals surface area contributed by atoms with Gasteiger partial charge in [-0.1, -0.05) is 6.92 Å². The Labute approximate surface area is 101 Å². The van der Waals surface area contributed by atoms with Gasteiger partial charge in [0.25, 0.3) is 10.2 Å². The Morgan fingerprint density at radius 3 is 2.41 bits per heavy atom. The van der Waals surface area contributed by atoms with Gasteiger partial charge in [-0.05, 0) is 12.8 Å². The van der Waals surface area contributed by atoms with Gasteiger partial charge in [0.1, 0.15) is 0 Å². The van der Waals surface area contributed by atoms with Crippen molar-refractivity contribution in [2.75, 3.05) is 26.3 Å². The highest BCUT2D eigenvalue weighted by atomic mass is 32.2. The summed E-state index contributed by atoms with van der Waals surface area (Å²) in [6, 6.07) is 0. The molecular formula is C9H18N2O5S. The van der Waals surface area contributed by atoms with Crippen LogP contribution in [0.25, 0.3) is 0 Å². The average molecular weight is 266 g/mol. The van der Waals surface area contributed by atoms with E-state index in [1.165, 1.54) is 0 Å². The summed E-state index contributed by atoms with van der Waals surface area (Å²) in [5.41, 5.74) is -1.05. The molecular weight excluding hydrogens is 248 g/mol. The van der Waals surface area contributed by atoms with Crippen LogP contribution >= 0.6 is 0 Å². The number of ether oxygens (including phenoxy) is 1. The highest BCUT2D eigenvalue weighted by Crippen LogP contribution is 2.30. The number of nitrogens with one attached hydrogen (secondary N) is 2. The Bertz CT molecular complexity index is 362. The predicted octanol–water partition coefficient (Wildman–Crippen LogP) is -0.688. The van der Waals surface area contributed by atoms with Gasteiger partial charge in [-0.25, -0.2) is 9.44 Å². The molecule has 1 heterocycles. The highest BCUT2D eigenvalue weighted by Gasteiger charge is 2.40. The van der Waals surface area contributed by atoms with Crippen LogP contribution in [0.5, 0.6) is 0 Å². The number of hydrogen-bond donors (Lipinski definition) is 3. The molecule has 0 radical (unpaired) electrons. The van der Waals surface area contributed by atoms with Crippen molar-refractivity contribution in [2.24, 2.45) is 5.41 Å². The normalized spacial score (nSPS) is 20.1. The van der Waals surface area contributed by atoms with E-state index in [1.807, 2.05) is 0 Å². The summed E-state index contributed by atoms with van der Waals surface area (Å²) in [7, 11) is -3.61. The van der Waals surface area contributed by atoms with E-state index in [9.17, 15) is 18.3 Å². The smallest absolute Gasteiger partial charge is 0.311 e. The summed E-state index contributed by atoms with van der Waals surface area (Å²) in [5, 5.41) is 9.20. The standard InChI is InChI=1S/C9H18N2O5S/c1-2-10-17(14,15)11-7-9(8(12)13)3-5-16-6-4-9/h10-11H,2-7H2,1H3,(H,12,13). The minimum atomic E-state index is -3.61. The van der Waals surface area contributed by atoms with Crippen LogP contribution in [-0.2, 0) is 19.7 Å². The molecule has 100 valence electrons. The molecule has 7 nitrogen and oxygen atoms in total. The van der Waals surface area contributed by atoms with Crippen LogP contribution in [0, 0.1) is 5.41 Å². The van der Waals surface area contributed by atoms with Crippen molar-refractivity contribution in [1.82, 2.24) is 9.44 Å². The second-order valence-electron chi connectivity index (χ2n) is 4.02. The maximum atomic E-state index is 11.4. The molecule has 0 aromatic rings. The molecule has 0 aliphatic carbocycles. The fourth-order valence-electron chi connectivity index (χ4n) is 1.70. The Morgan fingerprint density at radius 2 is 1.94 bits per heavy atom. The first-order chi connectivity index (χ1) is 7.92. The zero-order valence-electron chi connectivity index (χ0n) is 9.73. The lowest BCUT2D eigenvalue weighted by atomic mass is 9.80. The van der Waals surface area contributed by atoms with Crippen LogP contribution in [0.4, 0.5) is 0 Å². The molecule has 0 spiro atoms. The number of hydrogen-bond acceptors (Lipinski definition) is 4. The van der Waals surface area contributed by atoms with Crippen molar-refractivity contribution < 1.29 is 23.1 Å². The molecule has 8 heteroatoms. The first-order valence-electron chi connectivity index (χ1n) is 5.47. The van der Waals surface area contributed by atoms with Gasteiger partial charge in [-0.3, -0.25) is 4.79 Å². The SMILES string of the molecule is CCNS(=O)(=O)NCC1(C(=O)O)CCOCC1. The van der Waals surface area contributed by atoms with Crippen LogP contribution in [0.2, 0.25) is 0 Å². The summed E-state index contributed by atoms with van der Waals surface area (Å²) < 4.78 is 32.4. The number of aliphatic carboxylic acids is 1. The number of carboxylic acids is 1. The molecule has 3 N–H and O–H groups in total. The Balaban J connectivity index is 2.65. The van der Waals surface area contributed by atoms with Crippen LogP contribution < -0.4 is 9.44 Å². The first-order valence-corrected chi connectivity index (χ1v) is 6.95. The number of carboxylic acid groups (broad SMARTS) is 1. The second-order valence-corrected chi connectivity index (χ2v) is 5.60. The molecule has 1 aliphatic rings. The first kappa shape index (κ1) is 14.4. The van der Waals surface area contributed by atoms with E-state index < -0.39 is 21.6 Å². The van der Waals surface area contributed by atoms with Crippen molar-refractivity contribution in [1.29, 1.82) is 0 Å². The Morgan fingerprint density at radius 1 is 1.35 bits per heavy atom. The second kappa shape index (κ2) is 5.76. The van der Waals surface area contributed by atoms with Gasteiger partial charge < -0.3 is 9.84 Å². The highest BCUT2D eigenvalue weighted by molar-refractivity contribution is 7.87. The van der Waals surface area contributed by atoms with Gasteiger partial charge in [0, 0.05) is 26.3 Å². The fourth-order valence-corrected chi connectivity index (χ4v) is 2.65. The van der Waals surface area contributed by atoms with E-state index >= 15 is 0 Å². The van der Waals surface area contributed by atoms with Crippen LogP contribution in [0.15, 0.2) is 0 Å². The minimum Gasteiger partial charge on any atom is -0.481 e. The predicted molar refractivity (Wildman–Crippen MR) is 60.7 cm³/mol. The van der Waals surface area contributed by atoms with Gasteiger partial charge in [0.15, 0.2) is 0 Å². The van der Waals surface area contributed by atoms with Crippen molar-refractivity contribution in [3.63, 3.8) is 0 Å². The summed E-state index contributed by atoms with van der Waals surface area (Å²) >= 11 is 0. The molecule has 0 atom stereocenters. The molecule has 0 aromatic heterocycles. The van der Waals surface area contributed by atoms with E-state index in [-0.39, 0.29) is 13.1 Å². The number of rotatable bonds is 6. The Kier molecular flexibility index (Phi) is 4.87. The third-order valence-electron chi connectivity index (χ3n) is 2.84. The Hall–Kier alpha value is -0.700. The molecule has 0 saturated carbocycles. The molecule has 1 aliphatic heterocycles. The minimum absolute atomic E-state index is 0.110. The summed E-state index contributed by atoms with van der Waals surface area (Å²) in [5.74, 6) is -0.986. The molecule has 0 amide bonds. The van der Waals surface area contributed by atoms with Gasteiger partial charge in [-0.2, -0.15) is 8.42 Å². The average Bonchev–Trinajstić information content (AvgIpc) is 2.28. The van der Waals surface area contributed by atoms with Crippen molar-refractivity contribution in [3.05, 3.63) is 0 Å². The summed E-state index contributed by atoms with van der Waals surface area (Å²) in [4.78, 5) is 11.2. The third-order valence-corrected chi connectivity index (χ3v) is 4.03. The zero-order chi connectivity index (χ0) is 12.9. The van der Waals surface area contributed by atoms with E-state index in [0.717, 1.165) is 0 Å². The third kappa shape index (κ3) is 3.91. The van der Waals surface area contributed by atoms with Gasteiger partial charge >= 0.3 is 5.97 Å². The van der Waals surface area contributed by atoms with Crippen molar-refractivity contribution in [2.45, 2.75) is 19.8 Å². The van der Waals surface area contributed by atoms with Crippen molar-refractivity contribution in [3.8, 4) is 0 Å². The molecule has 17 heavy (non-hydrogen) atoms. The zero-order valence-corrected chi connectivity index (χ0v) is 10.5. The largest absolute Gasteiger partial charge is 0.481 e. The fraction of sp³-hybridized carbons (Fsp3) is 0.889. The molecule has 1 fully saturated rings. The van der Waals surface area contributed by atoms with E-state index in [2.05, 4.69) is 9.44 Å². The van der Waals surface area contributed by atoms with Crippen LogP contribution in [0.3, 0.4) is 0 Å². The monoisotopic (exact) mass is 266 g/mol. The van der Waals surface area contributed by atoms with Crippen LogP contribution in [0.1, 0.15) is 19.8 Å². The van der Waals surface area contributed by atoms with E-state index in [1.54, 1.807) is 6.92 Å². The number of carbonyl (C=O) groups is 1. The van der Waals surface area contributed by atoms with Crippen LogP contribution in [-0.4, -0.2) is 45.8 Å². The molecule has 1 saturated heterocycles. The molecule has 1 rings (SSSR count). The maximum absolute atomic E-state index is 11.4. The quantitative estimate of drug-likeness (QED) is 0.590. The molecule has 0 unspecified atom stereocenters. The van der Waals surface area contributed by atoms with E-state index in [4.69, 9.17) is 4.74 Å². The van der Waals surface area contributed by atoms with Crippen molar-refractivity contribution >= 4 is 16.2 Å². The van der Waals surface area contributed by atoms with Gasteiger partial charge in [0.05, 0.1) is 5.41 Å². The van der Waals surface area contributed by atoms with Gasteiger partial charge in [0.2, 0.25) is 0 Å². The summed E-state index contributed by atoms with van der Waals surface area (Å²) in [6.07, 6.45) is 0.633. The topological polar surface area (TPSA) is 105 Å². The summed E-state index contributed by atoms with van der Waals surface area (Å²) in [6.45, 7) is 2.49. The lowest BCUT2D eigenvalue weighted by molar-refractivity contribution is -0.154. The molecule has 0 aromatic carbocycles. The van der Waals surface area contributed by atoms with Gasteiger partial charge in [-0.15, -0.1) is 0 Å². The van der Waals surface area contributed by atoms with E-state index in [0.29, 0.717) is 26.1 Å².